The molecule has 1 aliphatic rings. The van der Waals surface area contributed by atoms with Crippen molar-refractivity contribution in [3.63, 3.8) is 0 Å². The summed E-state index contributed by atoms with van der Waals surface area (Å²) in [6.45, 7) is 5.10. The van der Waals surface area contributed by atoms with Gasteiger partial charge in [-0.1, -0.05) is 21.8 Å². The Balaban J connectivity index is 0. The molecule has 0 bridgehead atoms. The maximum atomic E-state index is 12.1. The third-order valence-electron chi connectivity index (χ3n) is 4.82. The lowest BCUT2D eigenvalue weighted by Gasteiger charge is -2.30. The first-order chi connectivity index (χ1) is 11.6. The molecule has 3 atom stereocenters. The summed E-state index contributed by atoms with van der Waals surface area (Å²) in [5.74, 6) is -6.06. The molecule has 1 saturated carbocycles. The predicted molar refractivity (Wildman–Crippen MR) is 99.0 cm³/mol. The van der Waals surface area contributed by atoms with Crippen molar-refractivity contribution in [3.8, 4) is 0 Å². The van der Waals surface area contributed by atoms with Crippen molar-refractivity contribution >= 4 is 23.9 Å². The summed E-state index contributed by atoms with van der Waals surface area (Å²) in [6, 6.07) is 0. The van der Waals surface area contributed by atoms with Crippen molar-refractivity contribution in [2.45, 2.75) is 61.3 Å². The van der Waals surface area contributed by atoms with E-state index in [9.17, 15) is 24.3 Å². The number of ether oxygens (including phenoxy) is 2. The van der Waals surface area contributed by atoms with Gasteiger partial charge in [-0.2, -0.15) is 0 Å². The highest BCUT2D eigenvalue weighted by Gasteiger charge is 2.42. The molecular weight excluding hydrogens is 356 g/mol. The van der Waals surface area contributed by atoms with E-state index in [1.807, 2.05) is 6.92 Å². The average molecular weight is 390 g/mol. The molecule has 0 aromatic rings. The van der Waals surface area contributed by atoms with Gasteiger partial charge in [-0.25, -0.2) is 0 Å². The van der Waals surface area contributed by atoms with Gasteiger partial charge in [-0.05, 0) is 39.5 Å². The van der Waals surface area contributed by atoms with Crippen molar-refractivity contribution in [2.75, 3.05) is 13.2 Å². The Bertz CT molecular complexity index is 526. The van der Waals surface area contributed by atoms with Crippen LogP contribution in [0.3, 0.4) is 0 Å². The van der Waals surface area contributed by atoms with E-state index in [1.54, 1.807) is 13.8 Å². The summed E-state index contributed by atoms with van der Waals surface area (Å²) in [4.78, 5) is 46.3. The molecule has 1 aliphatic carbocycles. The Morgan fingerprint density at radius 3 is 1.96 bits per heavy atom. The van der Waals surface area contributed by atoms with Crippen LogP contribution >= 0.6 is 0 Å². The maximum absolute atomic E-state index is 12.1. The first-order valence-corrected chi connectivity index (χ1v) is 8.39. The molecule has 2 N–H and O–H groups in total. The summed E-state index contributed by atoms with van der Waals surface area (Å²) >= 11 is 0. The van der Waals surface area contributed by atoms with E-state index >= 15 is 0 Å². The zero-order chi connectivity index (χ0) is 19.2. The fourth-order valence-electron chi connectivity index (χ4n) is 2.67. The molecular formula is C19H34O8. The van der Waals surface area contributed by atoms with Crippen LogP contribution in [0.15, 0.2) is 0 Å². The number of carboxylic acid groups (broad SMARTS) is 2. The van der Waals surface area contributed by atoms with Crippen LogP contribution in [0.25, 0.3) is 0 Å². The molecule has 0 heterocycles. The van der Waals surface area contributed by atoms with Gasteiger partial charge >= 0.3 is 23.9 Å². The molecule has 0 aliphatic heterocycles. The van der Waals surface area contributed by atoms with Gasteiger partial charge in [-0.3, -0.25) is 19.2 Å². The number of carbonyl (C=O) groups is 4. The molecule has 158 valence electrons. The Hall–Kier alpha value is -2.12. The number of hydrogen-bond acceptors (Lipinski definition) is 6. The number of esters is 2. The molecule has 0 aromatic heterocycles. The third-order valence-corrected chi connectivity index (χ3v) is 4.82. The maximum Gasteiger partial charge on any atom is 0.311 e. The van der Waals surface area contributed by atoms with Crippen LogP contribution in [0.5, 0.6) is 0 Å². The molecule has 0 aromatic carbocycles. The third kappa shape index (κ3) is 7.56. The topological polar surface area (TPSA) is 127 Å². The van der Waals surface area contributed by atoms with Gasteiger partial charge in [0.15, 0.2) is 0 Å². The molecule has 1 rings (SSSR count). The fraction of sp³-hybridized carbons (Fsp3) is 0.789. The Morgan fingerprint density at radius 2 is 1.48 bits per heavy atom. The van der Waals surface area contributed by atoms with Gasteiger partial charge in [0.05, 0.1) is 23.2 Å². The predicted octanol–water partition coefficient (Wildman–Crippen LogP) is 2.98. The molecule has 8 heteroatoms. The lowest BCUT2D eigenvalue weighted by molar-refractivity contribution is -0.166. The zero-order valence-corrected chi connectivity index (χ0v) is 14.8. The van der Waals surface area contributed by atoms with Crippen molar-refractivity contribution in [1.82, 2.24) is 0 Å². The summed E-state index contributed by atoms with van der Waals surface area (Å²) in [7, 11) is 0. The average Bonchev–Trinajstić information content (AvgIpc) is 2.57. The monoisotopic (exact) mass is 390 g/mol. The molecule has 1 fully saturated rings. The minimum atomic E-state index is -1.20. The van der Waals surface area contributed by atoms with Crippen LogP contribution in [-0.4, -0.2) is 47.3 Å². The molecule has 0 spiro atoms. The number of hydrogen-bond donors (Lipinski definition) is 2. The molecule has 0 radical (unpaired) electrons. The summed E-state index contributed by atoms with van der Waals surface area (Å²) in [5.41, 5.74) is -0.617. The minimum Gasteiger partial charge on any atom is -0.481 e. The first kappa shape index (κ1) is 27.1. The van der Waals surface area contributed by atoms with Crippen LogP contribution in [0.1, 0.15) is 61.3 Å². The lowest BCUT2D eigenvalue weighted by Crippen LogP contribution is -2.38. The highest BCUT2D eigenvalue weighted by Crippen LogP contribution is 2.35. The van der Waals surface area contributed by atoms with Crippen molar-refractivity contribution in [2.24, 2.45) is 23.2 Å². The highest BCUT2D eigenvalue weighted by atomic mass is 16.6. The van der Waals surface area contributed by atoms with Gasteiger partial charge in [-0.15, -0.1) is 0 Å². The van der Waals surface area contributed by atoms with Crippen LogP contribution in [0.4, 0.5) is 0 Å². The lowest BCUT2D eigenvalue weighted by atomic mass is 9.74. The number of carbonyl (C=O) groups excluding carboxylic acids is 2. The summed E-state index contributed by atoms with van der Waals surface area (Å²) < 4.78 is 10.1. The zero-order valence-electron chi connectivity index (χ0n) is 14.8. The van der Waals surface area contributed by atoms with E-state index in [4.69, 9.17) is 14.6 Å². The molecule has 0 saturated heterocycles. The van der Waals surface area contributed by atoms with Crippen molar-refractivity contribution < 1.29 is 38.9 Å². The molecule has 8 nitrogen and oxygen atoms in total. The second kappa shape index (κ2) is 11.6. The highest BCUT2D eigenvalue weighted by molar-refractivity contribution is 5.82. The second-order valence-electron chi connectivity index (χ2n) is 6.94. The van der Waals surface area contributed by atoms with Crippen LogP contribution in [-0.2, 0) is 28.7 Å². The SMILES string of the molecule is C.C.CCC(C)(C)C(=O)OCCOC(=O)C1CCC(C(=O)O)CC1C(=O)O. The first-order valence-electron chi connectivity index (χ1n) is 8.39. The van der Waals surface area contributed by atoms with E-state index < -0.39 is 47.0 Å². The number of aliphatic carboxylic acids is 2. The summed E-state index contributed by atoms with van der Waals surface area (Å²) in [6.07, 6.45) is 0.900. The Labute approximate surface area is 161 Å². The van der Waals surface area contributed by atoms with Gasteiger partial charge in [0, 0.05) is 0 Å². The standard InChI is InChI=1S/C17H26O8.2CH4/c1-4-17(2,3)16(23)25-8-7-24-15(22)11-6-5-10(13(18)19)9-12(11)14(20)21;;/h10-12H,4-9H2,1-3H3,(H,18,19)(H,20,21);2*1H4. The smallest absolute Gasteiger partial charge is 0.311 e. The molecule has 27 heavy (non-hydrogen) atoms. The largest absolute Gasteiger partial charge is 0.481 e. The van der Waals surface area contributed by atoms with E-state index in [2.05, 4.69) is 0 Å². The van der Waals surface area contributed by atoms with E-state index in [0.29, 0.717) is 6.42 Å². The van der Waals surface area contributed by atoms with Gasteiger partial charge < -0.3 is 19.7 Å². The second-order valence-corrected chi connectivity index (χ2v) is 6.94. The van der Waals surface area contributed by atoms with E-state index in [0.717, 1.165) is 0 Å². The molecule has 3 unspecified atom stereocenters. The minimum absolute atomic E-state index is 0. The van der Waals surface area contributed by atoms with Gasteiger partial charge in [0.1, 0.15) is 13.2 Å². The summed E-state index contributed by atoms with van der Waals surface area (Å²) in [5, 5.41) is 18.3. The quantitative estimate of drug-likeness (QED) is 0.478. The van der Waals surface area contributed by atoms with Gasteiger partial charge in [0.2, 0.25) is 0 Å². The normalized spacial score (nSPS) is 21.8. The van der Waals surface area contributed by atoms with Gasteiger partial charge in [0.25, 0.3) is 0 Å². The number of rotatable bonds is 8. The van der Waals surface area contributed by atoms with Crippen molar-refractivity contribution in [1.29, 1.82) is 0 Å². The van der Waals surface area contributed by atoms with Crippen LogP contribution in [0, 0.1) is 23.2 Å². The number of carboxylic acids is 2. The van der Waals surface area contributed by atoms with E-state index in [-0.39, 0.29) is 47.3 Å². The van der Waals surface area contributed by atoms with Crippen LogP contribution < -0.4 is 0 Å². The molecule has 0 amide bonds. The van der Waals surface area contributed by atoms with E-state index in [1.165, 1.54) is 0 Å². The Kier molecular flexibility index (Phi) is 11.6. The van der Waals surface area contributed by atoms with Crippen molar-refractivity contribution in [3.05, 3.63) is 0 Å². The Morgan fingerprint density at radius 1 is 0.926 bits per heavy atom. The fourth-order valence-corrected chi connectivity index (χ4v) is 2.67. The van der Waals surface area contributed by atoms with Crippen LogP contribution in [0.2, 0.25) is 0 Å².